The lowest BCUT2D eigenvalue weighted by atomic mass is 9.93. The molecule has 1 aliphatic rings. The Hall–Kier alpha value is -2.69. The van der Waals surface area contributed by atoms with Crippen molar-refractivity contribution in [2.75, 3.05) is 0 Å². The molecule has 21 heavy (non-hydrogen) atoms. The van der Waals surface area contributed by atoms with Gasteiger partial charge in [0.1, 0.15) is 0 Å². The second-order valence-electron chi connectivity index (χ2n) is 4.97. The van der Waals surface area contributed by atoms with Gasteiger partial charge in [0, 0.05) is 6.42 Å². The summed E-state index contributed by atoms with van der Waals surface area (Å²) in [6.45, 7) is 0. The fraction of sp³-hybridized carbons (Fsp3) is 0.188. The van der Waals surface area contributed by atoms with Crippen LogP contribution in [0.1, 0.15) is 39.1 Å². The molecule has 1 radical (unpaired) electrons. The largest absolute Gasteiger partial charge is 0.481 e. The molecule has 2 amide bonds. The Morgan fingerprint density at radius 2 is 1.81 bits per heavy atom. The molecular weight excluding hydrogens is 270 g/mol. The second-order valence-corrected chi connectivity index (χ2v) is 4.97. The lowest BCUT2D eigenvalue weighted by Crippen LogP contribution is -2.10. The lowest BCUT2D eigenvalue weighted by molar-refractivity contribution is -0.137. The zero-order valence-corrected chi connectivity index (χ0v) is 11.1. The van der Waals surface area contributed by atoms with Gasteiger partial charge >= 0.3 is 5.97 Å². The van der Waals surface area contributed by atoms with E-state index in [9.17, 15) is 14.4 Å². The van der Waals surface area contributed by atoms with Gasteiger partial charge in [0.05, 0.1) is 11.1 Å². The highest BCUT2D eigenvalue weighted by Crippen LogP contribution is 2.30. The molecule has 0 atom stereocenters. The van der Waals surface area contributed by atoms with Crippen LogP contribution in [0.2, 0.25) is 0 Å². The first-order valence-electron chi connectivity index (χ1n) is 6.65. The highest BCUT2D eigenvalue weighted by atomic mass is 16.4. The van der Waals surface area contributed by atoms with E-state index in [2.05, 4.69) is 5.32 Å². The van der Waals surface area contributed by atoms with E-state index in [0.29, 0.717) is 29.4 Å². The maximum atomic E-state index is 11.8. The van der Waals surface area contributed by atoms with E-state index in [0.717, 1.165) is 10.9 Å². The maximum absolute atomic E-state index is 11.8. The first-order chi connectivity index (χ1) is 10.1. The Bertz CT molecular complexity index is 779. The Kier molecular flexibility index (Phi) is 3.17. The summed E-state index contributed by atoms with van der Waals surface area (Å²) in [6.07, 6.45) is 1.10. The third-order valence-corrected chi connectivity index (χ3v) is 3.61. The summed E-state index contributed by atoms with van der Waals surface area (Å²) in [5.41, 5.74) is 1.56. The first kappa shape index (κ1) is 13.3. The molecule has 0 fully saturated rings. The Labute approximate surface area is 120 Å². The summed E-state index contributed by atoms with van der Waals surface area (Å²) >= 11 is 0. The first-order valence-corrected chi connectivity index (χ1v) is 6.65. The third kappa shape index (κ3) is 2.27. The Morgan fingerprint density at radius 3 is 2.52 bits per heavy atom. The molecule has 3 rings (SSSR count). The summed E-state index contributed by atoms with van der Waals surface area (Å²) in [5, 5.41) is 13.8. The molecule has 0 aromatic heterocycles. The number of imide groups is 1. The highest BCUT2D eigenvalue weighted by Gasteiger charge is 2.31. The van der Waals surface area contributed by atoms with Crippen molar-refractivity contribution in [1.29, 1.82) is 0 Å². The van der Waals surface area contributed by atoms with Crippen molar-refractivity contribution in [1.82, 2.24) is 5.32 Å². The molecule has 1 N–H and O–H groups in total. The molecule has 1 aliphatic heterocycles. The van der Waals surface area contributed by atoms with Gasteiger partial charge in [-0.05, 0) is 35.2 Å². The topological polar surface area (TPSA) is 85.5 Å². The molecule has 0 saturated carbocycles. The molecule has 5 heteroatoms. The van der Waals surface area contributed by atoms with E-state index in [1.807, 2.05) is 12.1 Å². The van der Waals surface area contributed by atoms with Crippen LogP contribution >= 0.6 is 0 Å². The number of aryl methyl sites for hydroxylation is 1. The monoisotopic (exact) mass is 282 g/mol. The van der Waals surface area contributed by atoms with Crippen molar-refractivity contribution in [3.8, 4) is 0 Å². The molecule has 105 valence electrons. The minimum absolute atomic E-state index is 0.0721. The van der Waals surface area contributed by atoms with Crippen molar-refractivity contribution in [2.24, 2.45) is 0 Å². The van der Waals surface area contributed by atoms with Crippen molar-refractivity contribution in [3.05, 3.63) is 47.0 Å². The summed E-state index contributed by atoms with van der Waals surface area (Å²) in [5.74, 6) is -1.86. The number of carbonyl (C=O) groups is 3. The number of nitrogens with zero attached hydrogens (tertiary/aromatic N) is 1. The zero-order valence-electron chi connectivity index (χ0n) is 11.1. The predicted molar refractivity (Wildman–Crippen MR) is 75.3 cm³/mol. The van der Waals surface area contributed by atoms with Crippen LogP contribution in [0.5, 0.6) is 0 Å². The summed E-state index contributed by atoms with van der Waals surface area (Å²) in [6, 6.07) is 9.01. The number of amides is 2. The molecule has 1 heterocycles. The van der Waals surface area contributed by atoms with E-state index in [1.54, 1.807) is 18.2 Å². The van der Waals surface area contributed by atoms with Gasteiger partial charge < -0.3 is 5.11 Å². The Balaban J connectivity index is 2.11. The number of hydrogen-bond donors (Lipinski definition) is 1. The van der Waals surface area contributed by atoms with Crippen LogP contribution in [0.4, 0.5) is 0 Å². The van der Waals surface area contributed by atoms with E-state index in [4.69, 9.17) is 5.11 Å². The molecule has 0 spiro atoms. The van der Waals surface area contributed by atoms with Gasteiger partial charge in [0.2, 0.25) is 0 Å². The van der Waals surface area contributed by atoms with Crippen LogP contribution in [-0.2, 0) is 11.2 Å². The number of aliphatic carboxylic acids is 1. The van der Waals surface area contributed by atoms with Gasteiger partial charge in [0.15, 0.2) is 0 Å². The number of hydrogen-bond acceptors (Lipinski definition) is 3. The van der Waals surface area contributed by atoms with Crippen LogP contribution in [0.25, 0.3) is 10.8 Å². The van der Waals surface area contributed by atoms with Crippen molar-refractivity contribution < 1.29 is 19.5 Å². The minimum Gasteiger partial charge on any atom is -0.481 e. The molecule has 2 aromatic carbocycles. The fourth-order valence-corrected chi connectivity index (χ4v) is 2.69. The zero-order chi connectivity index (χ0) is 15.0. The quantitative estimate of drug-likeness (QED) is 0.870. The lowest BCUT2D eigenvalue weighted by Gasteiger charge is -2.09. The van der Waals surface area contributed by atoms with E-state index in [1.165, 1.54) is 0 Å². The smallest absolute Gasteiger partial charge is 0.303 e. The van der Waals surface area contributed by atoms with Crippen molar-refractivity contribution >= 4 is 28.6 Å². The van der Waals surface area contributed by atoms with Gasteiger partial charge in [-0.25, -0.2) is 0 Å². The van der Waals surface area contributed by atoms with Crippen LogP contribution in [0.3, 0.4) is 0 Å². The van der Waals surface area contributed by atoms with Gasteiger partial charge in [-0.2, -0.15) is 5.32 Å². The normalized spacial score (nSPS) is 13.3. The number of carboxylic acid groups (broad SMARTS) is 1. The molecule has 0 unspecified atom stereocenters. The SMILES string of the molecule is O=C(O)CCCc1cc2c(c3ccccc13)C(=O)[N]C2=O. The van der Waals surface area contributed by atoms with Gasteiger partial charge in [-0.15, -0.1) is 0 Å². The minimum atomic E-state index is -0.846. The highest BCUT2D eigenvalue weighted by molar-refractivity contribution is 6.26. The third-order valence-electron chi connectivity index (χ3n) is 3.61. The van der Waals surface area contributed by atoms with Gasteiger partial charge in [0.25, 0.3) is 11.8 Å². The number of carboxylic acids is 1. The fourth-order valence-electron chi connectivity index (χ4n) is 2.69. The van der Waals surface area contributed by atoms with Crippen LogP contribution in [-0.4, -0.2) is 22.9 Å². The van der Waals surface area contributed by atoms with E-state index in [-0.39, 0.29) is 6.42 Å². The molecule has 0 bridgehead atoms. The summed E-state index contributed by atoms with van der Waals surface area (Å²) in [4.78, 5) is 34.2. The van der Waals surface area contributed by atoms with E-state index >= 15 is 0 Å². The molecular formula is C16H12NO4. The van der Waals surface area contributed by atoms with Gasteiger partial charge in [-0.3, -0.25) is 14.4 Å². The standard InChI is InChI=1S/C16H12NO4/c18-13(19)7-3-4-9-8-12-14(16(21)17-15(12)20)11-6-2-1-5-10(9)11/h1-2,5-6,8H,3-4,7H2,(H,18,19). The van der Waals surface area contributed by atoms with Crippen LogP contribution < -0.4 is 5.32 Å². The number of carbonyl (C=O) groups excluding carboxylic acids is 2. The van der Waals surface area contributed by atoms with E-state index < -0.39 is 17.8 Å². The van der Waals surface area contributed by atoms with Crippen molar-refractivity contribution in [3.63, 3.8) is 0 Å². The Morgan fingerprint density at radius 1 is 1.10 bits per heavy atom. The maximum Gasteiger partial charge on any atom is 0.303 e. The second kappa shape index (κ2) is 5.01. The number of benzene rings is 2. The molecule has 5 nitrogen and oxygen atoms in total. The molecule has 0 saturated heterocycles. The summed E-state index contributed by atoms with van der Waals surface area (Å²) < 4.78 is 0. The average molecular weight is 282 g/mol. The predicted octanol–water partition coefficient (Wildman–Crippen LogP) is 2.15. The van der Waals surface area contributed by atoms with Crippen LogP contribution in [0, 0.1) is 0 Å². The molecule has 0 aliphatic carbocycles. The average Bonchev–Trinajstić information content (AvgIpc) is 2.73. The summed E-state index contributed by atoms with van der Waals surface area (Å²) in [7, 11) is 0. The number of rotatable bonds is 4. The van der Waals surface area contributed by atoms with Crippen molar-refractivity contribution in [2.45, 2.75) is 19.3 Å². The molecule has 2 aromatic rings. The van der Waals surface area contributed by atoms with Gasteiger partial charge in [-0.1, -0.05) is 24.3 Å². The van der Waals surface area contributed by atoms with Crippen LogP contribution in [0.15, 0.2) is 30.3 Å². The number of fused-ring (bicyclic) bond motifs is 3.